The second kappa shape index (κ2) is 5.48. The first-order valence-corrected chi connectivity index (χ1v) is 6.96. The molecule has 0 unspecified atom stereocenters. The van der Waals surface area contributed by atoms with Gasteiger partial charge in [0.15, 0.2) is 0 Å². The van der Waals surface area contributed by atoms with Crippen LogP contribution in [-0.4, -0.2) is 24.6 Å². The topological polar surface area (TPSA) is 75.9 Å². The van der Waals surface area contributed by atoms with E-state index >= 15 is 0 Å². The molecule has 0 aliphatic heterocycles. The molecule has 112 valence electrons. The standard InChI is InChI=1S/C16H17N5O/c1-10-8-11(2)19-15(18-10)20-16-17-9-12(3)21(16)13-6-4-5-7-14(13)22/h4-9,22H,1-3H3,(H,17,18,19,20). The van der Waals surface area contributed by atoms with Crippen molar-refractivity contribution in [3.63, 3.8) is 0 Å². The van der Waals surface area contributed by atoms with Crippen LogP contribution in [0.15, 0.2) is 36.5 Å². The second-order valence-electron chi connectivity index (χ2n) is 5.15. The monoisotopic (exact) mass is 295 g/mol. The Hall–Kier alpha value is -2.89. The van der Waals surface area contributed by atoms with Crippen LogP contribution in [-0.2, 0) is 0 Å². The first kappa shape index (κ1) is 14.1. The molecule has 2 heterocycles. The van der Waals surface area contributed by atoms with Crippen molar-refractivity contribution in [2.24, 2.45) is 0 Å². The molecule has 0 aliphatic carbocycles. The average molecular weight is 295 g/mol. The lowest BCUT2D eigenvalue weighted by molar-refractivity contribution is 0.472. The second-order valence-corrected chi connectivity index (χ2v) is 5.15. The summed E-state index contributed by atoms with van der Waals surface area (Å²) in [6, 6.07) is 9.03. The average Bonchev–Trinajstić information content (AvgIpc) is 2.79. The number of phenolic OH excluding ortho intramolecular Hbond substituents is 1. The molecule has 0 saturated carbocycles. The summed E-state index contributed by atoms with van der Waals surface area (Å²) < 4.78 is 1.83. The largest absolute Gasteiger partial charge is 0.506 e. The van der Waals surface area contributed by atoms with Crippen molar-refractivity contribution < 1.29 is 5.11 Å². The molecule has 0 fully saturated rings. The Kier molecular flexibility index (Phi) is 3.50. The number of anilines is 2. The van der Waals surface area contributed by atoms with Crippen LogP contribution in [0, 0.1) is 20.8 Å². The van der Waals surface area contributed by atoms with Gasteiger partial charge in [-0.05, 0) is 39.0 Å². The van der Waals surface area contributed by atoms with Crippen LogP contribution < -0.4 is 5.32 Å². The van der Waals surface area contributed by atoms with E-state index in [9.17, 15) is 5.11 Å². The van der Waals surface area contributed by atoms with Gasteiger partial charge in [-0.25, -0.2) is 15.0 Å². The van der Waals surface area contributed by atoms with E-state index in [1.165, 1.54) is 0 Å². The molecule has 2 aromatic heterocycles. The van der Waals surface area contributed by atoms with Crippen molar-refractivity contribution in [2.75, 3.05) is 5.32 Å². The molecule has 6 nitrogen and oxygen atoms in total. The summed E-state index contributed by atoms with van der Waals surface area (Å²) in [5.74, 6) is 1.23. The highest BCUT2D eigenvalue weighted by Gasteiger charge is 2.13. The maximum absolute atomic E-state index is 10.1. The molecule has 0 spiro atoms. The van der Waals surface area contributed by atoms with Crippen molar-refractivity contribution in [1.82, 2.24) is 19.5 Å². The minimum atomic E-state index is 0.188. The summed E-state index contributed by atoms with van der Waals surface area (Å²) in [6.45, 7) is 5.76. The van der Waals surface area contributed by atoms with Crippen molar-refractivity contribution >= 4 is 11.9 Å². The number of benzene rings is 1. The number of imidazole rings is 1. The third-order valence-electron chi connectivity index (χ3n) is 3.27. The van der Waals surface area contributed by atoms with Gasteiger partial charge in [-0.3, -0.25) is 9.88 Å². The minimum Gasteiger partial charge on any atom is -0.506 e. The summed E-state index contributed by atoms with van der Waals surface area (Å²) in [5.41, 5.74) is 3.32. The van der Waals surface area contributed by atoms with Gasteiger partial charge < -0.3 is 5.11 Å². The van der Waals surface area contributed by atoms with Crippen LogP contribution in [0.1, 0.15) is 17.1 Å². The molecule has 22 heavy (non-hydrogen) atoms. The van der Waals surface area contributed by atoms with E-state index in [1.807, 2.05) is 43.5 Å². The third kappa shape index (κ3) is 2.63. The number of nitrogens with one attached hydrogen (secondary N) is 1. The van der Waals surface area contributed by atoms with E-state index in [0.717, 1.165) is 17.1 Å². The number of aryl methyl sites for hydroxylation is 3. The van der Waals surface area contributed by atoms with Crippen LogP contribution >= 0.6 is 0 Å². The SMILES string of the molecule is Cc1cc(C)nc(Nc2ncc(C)n2-c2ccccc2O)n1. The molecule has 6 heteroatoms. The predicted octanol–water partition coefficient (Wildman–Crippen LogP) is 3.04. The Morgan fingerprint density at radius 2 is 1.73 bits per heavy atom. The minimum absolute atomic E-state index is 0.188. The van der Waals surface area contributed by atoms with Crippen LogP contribution in [0.4, 0.5) is 11.9 Å². The molecule has 0 saturated heterocycles. The Morgan fingerprint density at radius 1 is 1.05 bits per heavy atom. The molecule has 3 rings (SSSR count). The van der Waals surface area contributed by atoms with Crippen LogP contribution in [0.2, 0.25) is 0 Å². The maximum atomic E-state index is 10.1. The molecule has 1 aromatic carbocycles. The Morgan fingerprint density at radius 3 is 2.41 bits per heavy atom. The number of rotatable bonds is 3. The molecular formula is C16H17N5O. The number of phenols is 1. The van der Waals surface area contributed by atoms with E-state index in [1.54, 1.807) is 18.3 Å². The Balaban J connectivity index is 2.04. The highest BCUT2D eigenvalue weighted by atomic mass is 16.3. The molecule has 0 atom stereocenters. The first-order valence-electron chi connectivity index (χ1n) is 6.96. The van der Waals surface area contributed by atoms with Gasteiger partial charge in [-0.2, -0.15) is 0 Å². The summed E-state index contributed by atoms with van der Waals surface area (Å²) >= 11 is 0. The number of aromatic hydroxyl groups is 1. The zero-order chi connectivity index (χ0) is 15.7. The fraction of sp³-hybridized carbons (Fsp3) is 0.188. The van der Waals surface area contributed by atoms with E-state index < -0.39 is 0 Å². The lowest BCUT2D eigenvalue weighted by atomic mass is 10.3. The summed E-state index contributed by atoms with van der Waals surface area (Å²) in [7, 11) is 0. The van der Waals surface area contributed by atoms with Crippen LogP contribution in [0.3, 0.4) is 0 Å². The van der Waals surface area contributed by atoms with Gasteiger partial charge in [0.25, 0.3) is 0 Å². The normalized spacial score (nSPS) is 10.7. The molecule has 2 N–H and O–H groups in total. The zero-order valence-corrected chi connectivity index (χ0v) is 12.7. The van der Waals surface area contributed by atoms with Crippen molar-refractivity contribution in [1.29, 1.82) is 0 Å². The van der Waals surface area contributed by atoms with Crippen LogP contribution in [0.5, 0.6) is 5.75 Å². The van der Waals surface area contributed by atoms with E-state index in [0.29, 0.717) is 17.6 Å². The quantitative estimate of drug-likeness (QED) is 0.776. The summed E-state index contributed by atoms with van der Waals surface area (Å²) in [4.78, 5) is 13.1. The maximum Gasteiger partial charge on any atom is 0.229 e. The molecule has 0 aliphatic rings. The van der Waals surface area contributed by atoms with Gasteiger partial charge in [-0.1, -0.05) is 12.1 Å². The number of nitrogens with zero attached hydrogens (tertiary/aromatic N) is 4. The summed E-state index contributed by atoms with van der Waals surface area (Å²) in [5, 5.41) is 13.2. The first-order chi connectivity index (χ1) is 10.5. The number of hydrogen-bond donors (Lipinski definition) is 2. The molecular weight excluding hydrogens is 278 g/mol. The van der Waals surface area contributed by atoms with Crippen molar-refractivity contribution in [3.05, 3.63) is 53.6 Å². The lowest BCUT2D eigenvalue weighted by Crippen LogP contribution is -2.07. The molecule has 0 radical (unpaired) electrons. The van der Waals surface area contributed by atoms with Crippen molar-refractivity contribution in [2.45, 2.75) is 20.8 Å². The zero-order valence-electron chi connectivity index (χ0n) is 12.7. The number of para-hydroxylation sites is 2. The highest BCUT2D eigenvalue weighted by Crippen LogP contribution is 2.27. The van der Waals surface area contributed by atoms with Crippen LogP contribution in [0.25, 0.3) is 5.69 Å². The fourth-order valence-corrected chi connectivity index (χ4v) is 2.36. The van der Waals surface area contributed by atoms with Gasteiger partial charge in [-0.15, -0.1) is 0 Å². The van der Waals surface area contributed by atoms with Gasteiger partial charge in [0, 0.05) is 17.1 Å². The van der Waals surface area contributed by atoms with E-state index in [2.05, 4.69) is 20.3 Å². The van der Waals surface area contributed by atoms with Gasteiger partial charge in [0.1, 0.15) is 5.75 Å². The Bertz CT molecular complexity index is 805. The summed E-state index contributed by atoms with van der Waals surface area (Å²) in [6.07, 6.45) is 1.73. The lowest BCUT2D eigenvalue weighted by Gasteiger charge is -2.12. The smallest absolute Gasteiger partial charge is 0.229 e. The third-order valence-corrected chi connectivity index (χ3v) is 3.27. The van der Waals surface area contributed by atoms with Gasteiger partial charge in [0.05, 0.1) is 11.9 Å². The van der Waals surface area contributed by atoms with Gasteiger partial charge in [0.2, 0.25) is 11.9 Å². The highest BCUT2D eigenvalue weighted by molar-refractivity contribution is 5.55. The molecule has 0 amide bonds. The number of hydrogen-bond acceptors (Lipinski definition) is 5. The van der Waals surface area contributed by atoms with Crippen molar-refractivity contribution in [3.8, 4) is 11.4 Å². The van der Waals surface area contributed by atoms with E-state index in [4.69, 9.17) is 0 Å². The fourth-order valence-electron chi connectivity index (χ4n) is 2.36. The predicted molar refractivity (Wildman–Crippen MR) is 84.8 cm³/mol. The molecule has 3 aromatic rings. The molecule has 0 bridgehead atoms. The van der Waals surface area contributed by atoms with E-state index in [-0.39, 0.29) is 5.75 Å². The Labute approximate surface area is 128 Å². The number of aromatic nitrogens is 4. The van der Waals surface area contributed by atoms with Gasteiger partial charge >= 0.3 is 0 Å².